The average Bonchev–Trinajstić information content (AvgIpc) is 2.76. The molecular weight excluding hydrogens is 422 g/mol. The van der Waals surface area contributed by atoms with Crippen LogP contribution in [0.5, 0.6) is 5.75 Å². The number of aromatic hydroxyl groups is 1. The number of amides is 3. The predicted octanol–water partition coefficient (Wildman–Crippen LogP) is -2.45. The molecule has 0 aliphatic heterocycles. The number of rotatable bonds is 14. The predicted molar refractivity (Wildman–Crippen MR) is 114 cm³/mol. The molecule has 12 nitrogen and oxygen atoms in total. The largest absolute Gasteiger partial charge is 0.508 e. The number of hydrogen-bond donors (Lipinski definition) is 8. The highest BCUT2D eigenvalue weighted by Crippen LogP contribution is 2.11. The van der Waals surface area contributed by atoms with Gasteiger partial charge in [0, 0.05) is 6.42 Å². The molecule has 0 bridgehead atoms. The number of carbonyl (C=O) groups is 4. The number of phenols is 1. The topological polar surface area (TPSA) is 217 Å². The maximum atomic E-state index is 12.2. The molecule has 178 valence electrons. The normalized spacial score (nSPS) is 13.5. The number of aliphatic hydroxyl groups is 1. The summed E-state index contributed by atoms with van der Waals surface area (Å²) < 4.78 is 0. The zero-order chi connectivity index (χ0) is 24.1. The molecule has 0 spiro atoms. The average molecular weight is 453 g/mol. The molecular formula is C20H31N5O7. The first-order valence-electron chi connectivity index (χ1n) is 10.1. The van der Waals surface area contributed by atoms with Gasteiger partial charge in [-0.2, -0.15) is 0 Å². The van der Waals surface area contributed by atoms with Crippen molar-refractivity contribution in [3.8, 4) is 5.75 Å². The molecule has 3 amide bonds. The fourth-order valence-corrected chi connectivity index (χ4v) is 2.72. The van der Waals surface area contributed by atoms with Crippen molar-refractivity contribution in [1.29, 1.82) is 0 Å². The van der Waals surface area contributed by atoms with Crippen LogP contribution in [0.1, 0.15) is 24.8 Å². The Bertz CT molecular complexity index is 772. The first-order valence-corrected chi connectivity index (χ1v) is 10.1. The Morgan fingerprint density at radius 1 is 0.969 bits per heavy atom. The van der Waals surface area contributed by atoms with Gasteiger partial charge in [-0.1, -0.05) is 18.6 Å². The zero-order valence-electron chi connectivity index (χ0n) is 17.6. The minimum Gasteiger partial charge on any atom is -0.508 e. The molecule has 0 saturated carbocycles. The summed E-state index contributed by atoms with van der Waals surface area (Å²) in [6.07, 6.45) is 1.66. The molecule has 3 atom stereocenters. The lowest BCUT2D eigenvalue weighted by Gasteiger charge is -2.19. The van der Waals surface area contributed by atoms with Gasteiger partial charge in [0.05, 0.1) is 19.2 Å². The molecule has 3 unspecified atom stereocenters. The summed E-state index contributed by atoms with van der Waals surface area (Å²) in [5, 5.41) is 34.8. The first-order chi connectivity index (χ1) is 15.2. The van der Waals surface area contributed by atoms with Gasteiger partial charge in [0.15, 0.2) is 0 Å². The summed E-state index contributed by atoms with van der Waals surface area (Å²) in [7, 11) is 0. The van der Waals surface area contributed by atoms with Crippen molar-refractivity contribution in [1.82, 2.24) is 16.0 Å². The van der Waals surface area contributed by atoms with Crippen molar-refractivity contribution < 1.29 is 34.5 Å². The molecule has 1 aromatic carbocycles. The Morgan fingerprint density at radius 2 is 1.62 bits per heavy atom. The van der Waals surface area contributed by atoms with Gasteiger partial charge < -0.3 is 42.7 Å². The van der Waals surface area contributed by atoms with E-state index in [1.807, 2.05) is 0 Å². The van der Waals surface area contributed by atoms with Crippen LogP contribution in [0.3, 0.4) is 0 Å². The number of aliphatic carboxylic acids is 1. The van der Waals surface area contributed by atoms with E-state index in [9.17, 15) is 34.5 Å². The second-order valence-electron chi connectivity index (χ2n) is 7.18. The third-order valence-electron chi connectivity index (χ3n) is 4.55. The smallest absolute Gasteiger partial charge is 0.326 e. The molecule has 1 aromatic rings. The van der Waals surface area contributed by atoms with E-state index in [4.69, 9.17) is 11.5 Å². The molecule has 0 heterocycles. The SMILES string of the molecule is NCCCCC(N)C(=O)NC(CO)C(=O)NCC(=O)NC(Cc1ccc(O)cc1)C(=O)O. The Morgan fingerprint density at radius 3 is 2.19 bits per heavy atom. The van der Waals surface area contributed by atoms with E-state index >= 15 is 0 Å². The number of unbranched alkanes of at least 4 members (excludes halogenated alkanes) is 1. The van der Waals surface area contributed by atoms with Crippen LogP contribution >= 0.6 is 0 Å². The summed E-state index contributed by atoms with van der Waals surface area (Å²) in [5.74, 6) is -3.47. The van der Waals surface area contributed by atoms with E-state index in [1.165, 1.54) is 24.3 Å². The van der Waals surface area contributed by atoms with Gasteiger partial charge >= 0.3 is 5.97 Å². The highest BCUT2D eigenvalue weighted by atomic mass is 16.4. The zero-order valence-corrected chi connectivity index (χ0v) is 17.6. The Kier molecular flexibility index (Phi) is 11.7. The molecule has 0 saturated heterocycles. The van der Waals surface area contributed by atoms with Crippen LogP contribution in [0.25, 0.3) is 0 Å². The van der Waals surface area contributed by atoms with Gasteiger partial charge in [-0.15, -0.1) is 0 Å². The molecule has 32 heavy (non-hydrogen) atoms. The molecule has 10 N–H and O–H groups in total. The minimum atomic E-state index is -1.32. The summed E-state index contributed by atoms with van der Waals surface area (Å²) in [4.78, 5) is 47.7. The molecule has 0 aliphatic carbocycles. The van der Waals surface area contributed by atoms with Crippen LogP contribution in [-0.4, -0.2) is 76.8 Å². The van der Waals surface area contributed by atoms with Gasteiger partial charge in [-0.25, -0.2) is 4.79 Å². The fourth-order valence-electron chi connectivity index (χ4n) is 2.72. The molecule has 0 aliphatic rings. The van der Waals surface area contributed by atoms with E-state index in [2.05, 4.69) is 16.0 Å². The number of carboxylic acid groups (broad SMARTS) is 1. The second kappa shape index (κ2) is 14.0. The summed E-state index contributed by atoms with van der Waals surface area (Å²) in [6.45, 7) is -0.809. The number of carbonyl (C=O) groups excluding carboxylic acids is 3. The lowest BCUT2D eigenvalue weighted by Crippen LogP contribution is -2.54. The van der Waals surface area contributed by atoms with Gasteiger partial charge in [0.2, 0.25) is 17.7 Å². The molecule has 0 radical (unpaired) electrons. The number of nitrogens with one attached hydrogen (secondary N) is 3. The Labute approximate surface area is 185 Å². The maximum Gasteiger partial charge on any atom is 0.326 e. The van der Waals surface area contributed by atoms with Crippen LogP contribution in [0.15, 0.2) is 24.3 Å². The van der Waals surface area contributed by atoms with Crippen molar-refractivity contribution in [2.24, 2.45) is 11.5 Å². The molecule has 12 heteroatoms. The summed E-state index contributed by atoms with van der Waals surface area (Å²) >= 11 is 0. The van der Waals surface area contributed by atoms with Crippen LogP contribution in [-0.2, 0) is 25.6 Å². The molecule has 1 rings (SSSR count). The van der Waals surface area contributed by atoms with Crippen molar-refractivity contribution in [2.45, 2.75) is 43.8 Å². The lowest BCUT2D eigenvalue weighted by atomic mass is 10.1. The van der Waals surface area contributed by atoms with Gasteiger partial charge in [-0.3, -0.25) is 14.4 Å². The van der Waals surface area contributed by atoms with E-state index in [0.717, 1.165) is 0 Å². The molecule has 0 aromatic heterocycles. The number of nitrogens with two attached hydrogens (primary N) is 2. The van der Waals surface area contributed by atoms with E-state index in [1.54, 1.807) is 0 Å². The number of carboxylic acids is 1. The Hall–Kier alpha value is -3.22. The third kappa shape index (κ3) is 9.73. The van der Waals surface area contributed by atoms with Crippen molar-refractivity contribution in [2.75, 3.05) is 19.7 Å². The molecule has 0 fully saturated rings. The summed E-state index contributed by atoms with van der Waals surface area (Å²) in [5.41, 5.74) is 11.7. The minimum absolute atomic E-state index is 0.0226. The highest BCUT2D eigenvalue weighted by Gasteiger charge is 2.24. The number of benzene rings is 1. The maximum absolute atomic E-state index is 12.2. The van der Waals surface area contributed by atoms with Crippen molar-refractivity contribution in [3.05, 3.63) is 29.8 Å². The van der Waals surface area contributed by atoms with Crippen LogP contribution < -0.4 is 27.4 Å². The third-order valence-corrected chi connectivity index (χ3v) is 4.55. The van der Waals surface area contributed by atoms with E-state index in [0.29, 0.717) is 31.4 Å². The van der Waals surface area contributed by atoms with Gasteiger partial charge in [-0.05, 0) is 37.1 Å². The quantitative estimate of drug-likeness (QED) is 0.140. The number of aliphatic hydroxyl groups excluding tert-OH is 1. The van der Waals surface area contributed by atoms with Crippen LogP contribution in [0, 0.1) is 0 Å². The van der Waals surface area contributed by atoms with E-state index < -0.39 is 55.0 Å². The van der Waals surface area contributed by atoms with Crippen LogP contribution in [0.2, 0.25) is 0 Å². The van der Waals surface area contributed by atoms with Gasteiger partial charge in [0.1, 0.15) is 17.8 Å². The van der Waals surface area contributed by atoms with Crippen LogP contribution in [0.4, 0.5) is 0 Å². The fraction of sp³-hybridized carbons (Fsp3) is 0.500. The second-order valence-corrected chi connectivity index (χ2v) is 7.18. The monoisotopic (exact) mass is 453 g/mol. The number of hydrogen-bond acceptors (Lipinski definition) is 8. The first kappa shape index (κ1) is 26.8. The Balaban J connectivity index is 2.53. The number of phenolic OH excluding ortho intramolecular Hbond substituents is 1. The summed E-state index contributed by atoms with van der Waals surface area (Å²) in [6, 6.07) is 2.38. The van der Waals surface area contributed by atoms with E-state index in [-0.39, 0.29) is 12.2 Å². The highest BCUT2D eigenvalue weighted by molar-refractivity contribution is 5.92. The standard InChI is InChI=1S/C20H31N5O7/c21-8-2-1-3-14(22)18(29)25-16(11-26)19(30)23-10-17(28)24-15(20(31)32)9-12-4-6-13(27)7-5-12/h4-7,14-16,26-27H,1-3,8-11,21-22H2,(H,23,30)(H,24,28)(H,25,29)(H,31,32). The van der Waals surface area contributed by atoms with Crippen molar-refractivity contribution in [3.63, 3.8) is 0 Å². The lowest BCUT2D eigenvalue weighted by molar-refractivity contribution is -0.141. The van der Waals surface area contributed by atoms with Gasteiger partial charge in [0.25, 0.3) is 0 Å². The van der Waals surface area contributed by atoms with Crippen molar-refractivity contribution >= 4 is 23.7 Å².